The first-order valence-electron chi connectivity index (χ1n) is 9.86. The second kappa shape index (κ2) is 8.98. The van der Waals surface area contributed by atoms with Crippen LogP contribution >= 0.6 is 0 Å². The van der Waals surface area contributed by atoms with E-state index >= 15 is 0 Å². The number of anilines is 1. The number of piperazine rings is 1. The Kier molecular flexibility index (Phi) is 6.61. The highest BCUT2D eigenvalue weighted by Gasteiger charge is 2.34. The second-order valence-corrected chi connectivity index (χ2v) is 7.62. The van der Waals surface area contributed by atoms with E-state index in [0.717, 1.165) is 37.8 Å². The molecule has 7 nitrogen and oxygen atoms in total. The molecule has 0 unspecified atom stereocenters. The van der Waals surface area contributed by atoms with Gasteiger partial charge in [0.25, 0.3) is 5.69 Å². The largest absolute Gasteiger partial charge is 0.416 e. The van der Waals surface area contributed by atoms with E-state index in [2.05, 4.69) is 5.32 Å². The lowest BCUT2D eigenvalue weighted by Crippen LogP contribution is -2.50. The molecular formula is C19H25F3N4O3. The van der Waals surface area contributed by atoms with Crippen LogP contribution in [0.25, 0.3) is 0 Å². The summed E-state index contributed by atoms with van der Waals surface area (Å²) in [7, 11) is 0. The number of nitro benzene ring substituents is 1. The topological polar surface area (TPSA) is 78.7 Å². The van der Waals surface area contributed by atoms with E-state index in [9.17, 15) is 28.1 Å². The summed E-state index contributed by atoms with van der Waals surface area (Å²) in [6, 6.07) is 2.85. The van der Waals surface area contributed by atoms with Crippen LogP contribution in [0, 0.1) is 10.1 Å². The number of benzene rings is 1. The van der Waals surface area contributed by atoms with Crippen molar-refractivity contribution in [2.24, 2.45) is 0 Å². The van der Waals surface area contributed by atoms with Crippen molar-refractivity contribution in [2.45, 2.75) is 44.3 Å². The molecule has 0 spiro atoms. The molecule has 0 radical (unpaired) electrons. The fraction of sp³-hybridized carbons (Fsp3) is 0.632. The quantitative estimate of drug-likeness (QED) is 0.591. The van der Waals surface area contributed by atoms with Gasteiger partial charge in [0, 0.05) is 38.3 Å². The van der Waals surface area contributed by atoms with E-state index in [4.69, 9.17) is 0 Å². The van der Waals surface area contributed by atoms with E-state index < -0.39 is 22.4 Å². The van der Waals surface area contributed by atoms with Crippen LogP contribution in [-0.4, -0.2) is 54.5 Å². The van der Waals surface area contributed by atoms with E-state index in [-0.39, 0.29) is 24.2 Å². The van der Waals surface area contributed by atoms with Crippen molar-refractivity contribution in [3.05, 3.63) is 33.9 Å². The van der Waals surface area contributed by atoms with Crippen LogP contribution in [0.2, 0.25) is 0 Å². The Balaban J connectivity index is 1.57. The van der Waals surface area contributed by atoms with Crippen LogP contribution in [-0.2, 0) is 11.0 Å². The zero-order valence-electron chi connectivity index (χ0n) is 16.1. The smallest absolute Gasteiger partial charge is 0.363 e. The molecule has 10 heteroatoms. The van der Waals surface area contributed by atoms with Gasteiger partial charge in [-0.3, -0.25) is 19.8 Å². The summed E-state index contributed by atoms with van der Waals surface area (Å²) in [5.41, 5.74) is -1.41. The number of nitro groups is 1. The van der Waals surface area contributed by atoms with Crippen LogP contribution in [0.15, 0.2) is 18.2 Å². The molecule has 1 saturated carbocycles. The van der Waals surface area contributed by atoms with E-state index in [0.29, 0.717) is 32.2 Å². The highest BCUT2D eigenvalue weighted by Crippen LogP contribution is 2.36. The van der Waals surface area contributed by atoms with Gasteiger partial charge in [0.15, 0.2) is 0 Å². The van der Waals surface area contributed by atoms with Crippen LogP contribution in [0.5, 0.6) is 0 Å². The molecule has 1 aromatic carbocycles. The van der Waals surface area contributed by atoms with Gasteiger partial charge in [-0.15, -0.1) is 0 Å². The molecule has 1 heterocycles. The molecule has 1 amide bonds. The van der Waals surface area contributed by atoms with Crippen molar-refractivity contribution in [1.29, 1.82) is 0 Å². The molecule has 0 atom stereocenters. The molecular weight excluding hydrogens is 389 g/mol. The van der Waals surface area contributed by atoms with Crippen LogP contribution in [0.4, 0.5) is 24.5 Å². The first kappa shape index (κ1) is 21.4. The minimum absolute atomic E-state index is 0.0224. The lowest BCUT2D eigenvalue weighted by molar-refractivity contribution is -0.384. The minimum atomic E-state index is -4.63. The zero-order valence-corrected chi connectivity index (χ0v) is 16.1. The summed E-state index contributed by atoms with van der Waals surface area (Å²) >= 11 is 0. The summed E-state index contributed by atoms with van der Waals surface area (Å²) in [6.07, 6.45) is 0.872. The van der Waals surface area contributed by atoms with Gasteiger partial charge >= 0.3 is 6.18 Å². The number of hydrogen-bond acceptors (Lipinski definition) is 5. The Morgan fingerprint density at radius 2 is 1.79 bits per heavy atom. The predicted octanol–water partition coefficient (Wildman–Crippen LogP) is 3.18. The molecule has 2 fully saturated rings. The maximum Gasteiger partial charge on any atom is 0.416 e. The number of hydrogen-bond donors (Lipinski definition) is 1. The number of nitrogens with one attached hydrogen (secondary N) is 1. The van der Waals surface area contributed by atoms with Crippen molar-refractivity contribution < 1.29 is 22.9 Å². The third-order valence-electron chi connectivity index (χ3n) is 5.55. The van der Waals surface area contributed by atoms with Crippen LogP contribution in [0.3, 0.4) is 0 Å². The Labute approximate surface area is 167 Å². The molecule has 2 aliphatic rings. The SMILES string of the molecule is O=C(CN1CCN(c2ccc(C(F)(F)F)cc2[N+](=O)[O-])CC1)NC1CCCCC1. The average molecular weight is 414 g/mol. The molecule has 1 aliphatic heterocycles. The zero-order chi connectivity index (χ0) is 21.0. The standard InChI is InChI=1S/C19H25F3N4O3/c20-19(21,22)14-6-7-16(17(12-14)26(28)29)25-10-8-24(9-11-25)13-18(27)23-15-4-2-1-3-5-15/h6-7,12,15H,1-5,8-11,13H2,(H,23,27). The molecule has 160 valence electrons. The van der Waals surface area contributed by atoms with Gasteiger partial charge in [0.05, 0.1) is 17.0 Å². The first-order chi connectivity index (χ1) is 13.7. The summed E-state index contributed by atoms with van der Waals surface area (Å²) in [6.45, 7) is 2.10. The number of alkyl halides is 3. The number of carbonyl (C=O) groups excluding carboxylic acids is 1. The van der Waals surface area contributed by atoms with Crippen LogP contribution in [0.1, 0.15) is 37.7 Å². The minimum Gasteiger partial charge on any atom is -0.363 e. The third-order valence-corrected chi connectivity index (χ3v) is 5.55. The first-order valence-corrected chi connectivity index (χ1v) is 9.86. The number of nitrogens with zero attached hydrogens (tertiary/aromatic N) is 3. The van der Waals surface area contributed by atoms with Gasteiger partial charge in [-0.05, 0) is 25.0 Å². The maximum atomic E-state index is 12.9. The molecule has 1 aromatic rings. The summed E-state index contributed by atoms with van der Waals surface area (Å²) in [4.78, 5) is 26.4. The maximum absolute atomic E-state index is 12.9. The van der Waals surface area contributed by atoms with Gasteiger partial charge in [0.2, 0.25) is 5.91 Å². The lowest BCUT2D eigenvalue weighted by Gasteiger charge is -2.35. The van der Waals surface area contributed by atoms with E-state index in [1.807, 2.05) is 4.90 Å². The van der Waals surface area contributed by atoms with Gasteiger partial charge in [0.1, 0.15) is 5.69 Å². The fourth-order valence-electron chi connectivity index (χ4n) is 3.98. The fourth-order valence-corrected chi connectivity index (χ4v) is 3.98. The third kappa shape index (κ3) is 5.59. The molecule has 1 aliphatic carbocycles. The summed E-state index contributed by atoms with van der Waals surface area (Å²) in [5, 5.41) is 14.4. The lowest BCUT2D eigenvalue weighted by atomic mass is 9.95. The molecule has 29 heavy (non-hydrogen) atoms. The second-order valence-electron chi connectivity index (χ2n) is 7.62. The van der Waals surface area contributed by atoms with Gasteiger partial charge in [-0.1, -0.05) is 19.3 Å². The van der Waals surface area contributed by atoms with Gasteiger partial charge in [-0.2, -0.15) is 13.2 Å². The van der Waals surface area contributed by atoms with Crippen LogP contribution < -0.4 is 10.2 Å². The highest BCUT2D eigenvalue weighted by molar-refractivity contribution is 5.78. The normalized spacial score (nSPS) is 19.2. The summed E-state index contributed by atoms with van der Waals surface area (Å²) < 4.78 is 38.6. The highest BCUT2D eigenvalue weighted by atomic mass is 19.4. The Bertz CT molecular complexity index is 743. The van der Waals surface area contributed by atoms with E-state index in [1.165, 1.54) is 6.42 Å². The molecule has 1 saturated heterocycles. The summed E-state index contributed by atoms with van der Waals surface area (Å²) in [5.74, 6) is -0.0224. The van der Waals surface area contributed by atoms with Crippen molar-refractivity contribution in [1.82, 2.24) is 10.2 Å². The molecule has 3 rings (SSSR count). The number of rotatable bonds is 5. The number of amides is 1. The van der Waals surface area contributed by atoms with Crippen molar-refractivity contribution in [2.75, 3.05) is 37.6 Å². The van der Waals surface area contributed by atoms with Gasteiger partial charge < -0.3 is 10.2 Å². The average Bonchev–Trinajstić information content (AvgIpc) is 2.68. The number of carbonyl (C=O) groups is 1. The van der Waals surface area contributed by atoms with Crippen molar-refractivity contribution >= 4 is 17.3 Å². The molecule has 0 bridgehead atoms. The number of halogens is 3. The Morgan fingerprint density at radius 3 is 2.38 bits per heavy atom. The molecule has 0 aromatic heterocycles. The predicted molar refractivity (Wildman–Crippen MR) is 102 cm³/mol. The van der Waals surface area contributed by atoms with Crippen molar-refractivity contribution in [3.8, 4) is 0 Å². The molecule has 1 N–H and O–H groups in total. The van der Waals surface area contributed by atoms with Crippen molar-refractivity contribution in [3.63, 3.8) is 0 Å². The van der Waals surface area contributed by atoms with Gasteiger partial charge in [-0.25, -0.2) is 0 Å². The Hall–Kier alpha value is -2.36. The van der Waals surface area contributed by atoms with E-state index in [1.54, 1.807) is 4.90 Å². The monoisotopic (exact) mass is 414 g/mol. The Morgan fingerprint density at radius 1 is 1.14 bits per heavy atom.